The number of anilines is 3. The third-order valence-corrected chi connectivity index (χ3v) is 3.32. The van der Waals surface area contributed by atoms with Gasteiger partial charge in [0, 0.05) is 36.5 Å². The Morgan fingerprint density at radius 2 is 1.58 bits per heavy atom. The minimum absolute atomic E-state index is 0.557. The maximum atomic E-state index is 10.4. The van der Waals surface area contributed by atoms with Crippen molar-refractivity contribution in [1.82, 2.24) is 9.55 Å². The van der Waals surface area contributed by atoms with Crippen LogP contribution in [-0.2, 0) is 11.8 Å². The minimum atomic E-state index is 0.557. The van der Waals surface area contributed by atoms with Gasteiger partial charge in [-0.2, -0.15) is 0 Å². The predicted octanol–water partition coefficient (Wildman–Crippen LogP) is 4.15. The summed E-state index contributed by atoms with van der Waals surface area (Å²) in [6, 6.07) is 15.0. The number of carbonyl (C=O) groups excluding carboxylic acids is 1. The monoisotopic (exact) mass is 320 g/mol. The largest absolute Gasteiger partial charge is 0.356 e. The molecule has 3 rings (SSSR count). The lowest BCUT2D eigenvalue weighted by molar-refractivity contribution is -0.105. The second-order valence-corrected chi connectivity index (χ2v) is 5.05. The molecular formula is C17H16N6O. The fraction of sp³-hybridized carbons (Fsp3) is 0.0588. The maximum Gasteiger partial charge on any atom is 0.249 e. The van der Waals surface area contributed by atoms with Crippen LogP contribution >= 0.6 is 0 Å². The zero-order valence-corrected chi connectivity index (χ0v) is 13.0. The maximum absolute atomic E-state index is 10.4. The van der Waals surface area contributed by atoms with Crippen molar-refractivity contribution in [2.75, 3.05) is 10.6 Å². The summed E-state index contributed by atoms with van der Waals surface area (Å²) >= 11 is 0. The second-order valence-electron chi connectivity index (χ2n) is 5.05. The van der Waals surface area contributed by atoms with E-state index in [0.717, 1.165) is 22.7 Å². The van der Waals surface area contributed by atoms with Crippen molar-refractivity contribution in [2.24, 2.45) is 17.3 Å². The van der Waals surface area contributed by atoms with Crippen molar-refractivity contribution in [1.29, 1.82) is 0 Å². The Morgan fingerprint density at radius 1 is 0.958 bits per heavy atom. The molecule has 0 atom stereocenters. The molecule has 0 radical (unpaired) electrons. The Morgan fingerprint density at radius 3 is 2.17 bits per heavy atom. The lowest BCUT2D eigenvalue weighted by atomic mass is 10.2. The second kappa shape index (κ2) is 7.19. The number of nitrogens with one attached hydrogen (secondary N) is 2. The van der Waals surface area contributed by atoms with Gasteiger partial charge in [0.05, 0.1) is 5.69 Å². The van der Waals surface area contributed by atoms with E-state index >= 15 is 0 Å². The van der Waals surface area contributed by atoms with Gasteiger partial charge in [-0.25, -0.2) is 4.98 Å². The Kier molecular flexibility index (Phi) is 4.62. The van der Waals surface area contributed by atoms with E-state index < -0.39 is 0 Å². The number of carbonyl (C=O) groups is 1. The van der Waals surface area contributed by atoms with Crippen LogP contribution in [0.4, 0.5) is 28.7 Å². The first-order valence-electron chi connectivity index (χ1n) is 7.31. The predicted molar refractivity (Wildman–Crippen MR) is 93.2 cm³/mol. The van der Waals surface area contributed by atoms with E-state index in [9.17, 15) is 4.79 Å². The quantitative estimate of drug-likeness (QED) is 0.528. The summed E-state index contributed by atoms with van der Waals surface area (Å²) in [5, 5.41) is 14.1. The van der Waals surface area contributed by atoms with Crippen LogP contribution in [0.25, 0.3) is 0 Å². The molecular weight excluding hydrogens is 304 g/mol. The van der Waals surface area contributed by atoms with Crippen LogP contribution < -0.4 is 10.6 Å². The standard InChI is InChI=1S/C17H16N6O/c1-23-11-10-18-17(23)22-21-16-8-6-15(7-9-16)20-14-4-2-13(3-5-14)19-12-24/h2-12,20H,1H3,(H,19,24). The van der Waals surface area contributed by atoms with Crippen LogP contribution in [0.2, 0.25) is 0 Å². The van der Waals surface area contributed by atoms with E-state index in [-0.39, 0.29) is 0 Å². The normalized spacial score (nSPS) is 10.7. The van der Waals surface area contributed by atoms with E-state index in [1.54, 1.807) is 10.8 Å². The number of rotatable bonds is 6. The summed E-state index contributed by atoms with van der Waals surface area (Å²) in [5.41, 5.74) is 3.35. The molecule has 7 heteroatoms. The molecule has 24 heavy (non-hydrogen) atoms. The number of azo groups is 1. The third-order valence-electron chi connectivity index (χ3n) is 3.32. The summed E-state index contributed by atoms with van der Waals surface area (Å²) < 4.78 is 1.79. The fourth-order valence-corrected chi connectivity index (χ4v) is 2.05. The van der Waals surface area contributed by atoms with Crippen LogP contribution in [-0.4, -0.2) is 16.0 Å². The molecule has 1 heterocycles. The average Bonchev–Trinajstić information content (AvgIpc) is 3.01. The first kappa shape index (κ1) is 15.4. The number of benzene rings is 2. The zero-order valence-electron chi connectivity index (χ0n) is 13.0. The zero-order chi connectivity index (χ0) is 16.8. The van der Waals surface area contributed by atoms with E-state index in [4.69, 9.17) is 0 Å². The van der Waals surface area contributed by atoms with Gasteiger partial charge < -0.3 is 15.2 Å². The van der Waals surface area contributed by atoms with E-state index in [1.807, 2.05) is 61.8 Å². The molecule has 2 N–H and O–H groups in total. The summed E-state index contributed by atoms with van der Waals surface area (Å²) in [6.45, 7) is 0. The van der Waals surface area contributed by atoms with Gasteiger partial charge in [0.2, 0.25) is 12.4 Å². The first-order valence-corrected chi connectivity index (χ1v) is 7.31. The number of hydrogen-bond acceptors (Lipinski definition) is 5. The van der Waals surface area contributed by atoms with Crippen molar-refractivity contribution in [3.05, 3.63) is 60.9 Å². The van der Waals surface area contributed by atoms with Crippen LogP contribution in [0.1, 0.15) is 0 Å². The van der Waals surface area contributed by atoms with Crippen LogP contribution in [0, 0.1) is 0 Å². The molecule has 0 bridgehead atoms. The number of aromatic nitrogens is 2. The highest BCUT2D eigenvalue weighted by molar-refractivity contribution is 5.73. The molecule has 2 aromatic carbocycles. The molecule has 1 amide bonds. The van der Waals surface area contributed by atoms with Gasteiger partial charge in [-0.15, -0.1) is 10.2 Å². The smallest absolute Gasteiger partial charge is 0.249 e. The van der Waals surface area contributed by atoms with Gasteiger partial charge >= 0.3 is 0 Å². The molecule has 0 unspecified atom stereocenters. The molecule has 0 aliphatic carbocycles. The lowest BCUT2D eigenvalue weighted by Gasteiger charge is -2.07. The van der Waals surface area contributed by atoms with Crippen molar-refractivity contribution in [3.63, 3.8) is 0 Å². The Hall–Kier alpha value is -3.48. The summed E-state index contributed by atoms with van der Waals surface area (Å²) in [5.74, 6) is 0.557. The molecule has 0 aliphatic rings. The van der Waals surface area contributed by atoms with Crippen molar-refractivity contribution >= 4 is 35.1 Å². The summed E-state index contributed by atoms with van der Waals surface area (Å²) in [4.78, 5) is 14.5. The van der Waals surface area contributed by atoms with Crippen molar-refractivity contribution < 1.29 is 4.79 Å². The molecule has 0 spiro atoms. The number of nitrogens with zero attached hydrogens (tertiary/aromatic N) is 4. The molecule has 0 aliphatic heterocycles. The number of hydrogen-bond donors (Lipinski definition) is 2. The minimum Gasteiger partial charge on any atom is -0.356 e. The van der Waals surface area contributed by atoms with Crippen LogP contribution in [0.15, 0.2) is 71.2 Å². The molecule has 120 valence electrons. The van der Waals surface area contributed by atoms with Gasteiger partial charge in [-0.05, 0) is 48.5 Å². The van der Waals surface area contributed by atoms with Gasteiger partial charge in [0.1, 0.15) is 0 Å². The SMILES string of the molecule is Cn1ccnc1N=Nc1ccc(Nc2ccc(NC=O)cc2)cc1. The Balaban J connectivity index is 1.65. The van der Waals surface area contributed by atoms with Gasteiger partial charge in [-0.3, -0.25) is 4.79 Å². The summed E-state index contributed by atoms with van der Waals surface area (Å²) in [7, 11) is 1.87. The molecule has 1 aromatic heterocycles. The topological polar surface area (TPSA) is 83.7 Å². The third kappa shape index (κ3) is 3.83. The molecule has 0 saturated heterocycles. The fourth-order valence-electron chi connectivity index (χ4n) is 2.05. The van der Waals surface area contributed by atoms with Crippen molar-refractivity contribution in [2.45, 2.75) is 0 Å². The molecule has 0 fully saturated rings. The highest BCUT2D eigenvalue weighted by Crippen LogP contribution is 2.22. The first-order chi connectivity index (χ1) is 11.7. The molecule has 0 saturated carbocycles. The van der Waals surface area contributed by atoms with Crippen molar-refractivity contribution in [3.8, 4) is 0 Å². The van der Waals surface area contributed by atoms with Crippen LogP contribution in [0.3, 0.4) is 0 Å². The van der Waals surface area contributed by atoms with E-state index in [1.165, 1.54) is 0 Å². The highest BCUT2D eigenvalue weighted by atomic mass is 16.1. The van der Waals surface area contributed by atoms with E-state index in [2.05, 4.69) is 25.8 Å². The summed E-state index contributed by atoms with van der Waals surface area (Å²) in [6.07, 6.45) is 4.15. The number of imidazole rings is 1. The van der Waals surface area contributed by atoms with Gasteiger partial charge in [0.25, 0.3) is 0 Å². The number of aryl methyl sites for hydroxylation is 1. The van der Waals surface area contributed by atoms with E-state index in [0.29, 0.717) is 12.4 Å². The van der Waals surface area contributed by atoms with Crippen LogP contribution in [0.5, 0.6) is 0 Å². The van der Waals surface area contributed by atoms with Gasteiger partial charge in [0.15, 0.2) is 0 Å². The Bertz CT molecular complexity index is 836. The Labute approximate surface area is 139 Å². The molecule has 7 nitrogen and oxygen atoms in total. The lowest BCUT2D eigenvalue weighted by Crippen LogP contribution is -1.94. The highest BCUT2D eigenvalue weighted by Gasteiger charge is 1.98. The molecule has 3 aromatic rings. The average molecular weight is 320 g/mol. The van der Waals surface area contributed by atoms with Gasteiger partial charge in [-0.1, -0.05) is 0 Å². The number of amides is 1.